The van der Waals surface area contributed by atoms with E-state index in [4.69, 9.17) is 0 Å². The van der Waals surface area contributed by atoms with Crippen LogP contribution in [-0.2, 0) is 16.0 Å². The fourth-order valence-electron chi connectivity index (χ4n) is 2.32. The van der Waals surface area contributed by atoms with Gasteiger partial charge in [-0.2, -0.15) is 0 Å². The van der Waals surface area contributed by atoms with E-state index in [1.807, 2.05) is 54.6 Å². The molecule has 6 heteroatoms. The average molecular weight is 352 g/mol. The highest BCUT2D eigenvalue weighted by Crippen LogP contribution is 2.21. The molecular weight excluding hydrogens is 336 g/mol. The first-order valence-corrected chi connectivity index (χ1v) is 8.46. The fourth-order valence-corrected chi connectivity index (χ4v) is 3.07. The van der Waals surface area contributed by atoms with Gasteiger partial charge in [0.25, 0.3) is 0 Å². The van der Waals surface area contributed by atoms with Crippen LogP contribution in [0.15, 0.2) is 60.8 Å². The van der Waals surface area contributed by atoms with E-state index in [-0.39, 0.29) is 12.3 Å². The number of anilines is 1. The van der Waals surface area contributed by atoms with Crippen LogP contribution in [0.2, 0.25) is 0 Å². The molecule has 1 amide bonds. The summed E-state index contributed by atoms with van der Waals surface area (Å²) in [5.41, 5.74) is 3.14. The number of thiazole rings is 1. The van der Waals surface area contributed by atoms with Crippen LogP contribution in [0.25, 0.3) is 11.1 Å². The molecule has 5 nitrogen and oxygen atoms in total. The Kier molecular flexibility index (Phi) is 5.20. The monoisotopic (exact) mass is 352 g/mol. The van der Waals surface area contributed by atoms with Crippen molar-refractivity contribution in [3.8, 4) is 11.1 Å². The van der Waals surface area contributed by atoms with Crippen molar-refractivity contribution in [2.24, 2.45) is 0 Å². The van der Waals surface area contributed by atoms with Crippen molar-refractivity contribution in [3.05, 3.63) is 71.2 Å². The minimum absolute atomic E-state index is 0.182. The Labute approximate surface area is 149 Å². The number of hydrogen-bond acceptors (Lipinski definition) is 5. The van der Waals surface area contributed by atoms with Crippen molar-refractivity contribution in [2.45, 2.75) is 6.42 Å². The number of hydrogen-bond donors (Lipinski definition) is 1. The highest BCUT2D eigenvalue weighted by molar-refractivity contribution is 7.17. The lowest BCUT2D eigenvalue weighted by Crippen LogP contribution is -2.14. The van der Waals surface area contributed by atoms with Crippen LogP contribution in [0.5, 0.6) is 0 Å². The summed E-state index contributed by atoms with van der Waals surface area (Å²) in [6.45, 7) is 0. The quantitative estimate of drug-likeness (QED) is 0.710. The van der Waals surface area contributed by atoms with Gasteiger partial charge >= 0.3 is 5.97 Å². The lowest BCUT2D eigenvalue weighted by Gasteiger charge is -2.05. The van der Waals surface area contributed by atoms with Gasteiger partial charge in [-0.3, -0.25) is 4.79 Å². The molecule has 3 aromatic rings. The van der Waals surface area contributed by atoms with Gasteiger partial charge < -0.3 is 10.1 Å². The third kappa shape index (κ3) is 4.30. The lowest BCUT2D eigenvalue weighted by atomic mass is 10.0. The van der Waals surface area contributed by atoms with Crippen LogP contribution in [0, 0.1) is 0 Å². The average Bonchev–Trinajstić information content (AvgIpc) is 3.10. The second-order valence-corrected chi connectivity index (χ2v) is 6.34. The van der Waals surface area contributed by atoms with Crippen molar-refractivity contribution < 1.29 is 14.3 Å². The molecule has 3 rings (SSSR count). The molecular formula is C19H16N2O3S. The summed E-state index contributed by atoms with van der Waals surface area (Å²) in [6, 6.07) is 17.9. The van der Waals surface area contributed by atoms with Crippen LogP contribution in [0.4, 0.5) is 5.13 Å². The van der Waals surface area contributed by atoms with E-state index in [0.717, 1.165) is 28.0 Å². The molecule has 0 aliphatic rings. The summed E-state index contributed by atoms with van der Waals surface area (Å²) in [7, 11) is 1.30. The molecule has 126 valence electrons. The molecule has 1 heterocycles. The summed E-state index contributed by atoms with van der Waals surface area (Å²) >= 11 is 1.09. The zero-order chi connectivity index (χ0) is 17.6. The number of nitrogens with zero attached hydrogens (tertiary/aromatic N) is 1. The summed E-state index contributed by atoms with van der Waals surface area (Å²) < 4.78 is 4.62. The number of carbonyl (C=O) groups excluding carboxylic acids is 2. The maximum absolute atomic E-state index is 12.1. The van der Waals surface area contributed by atoms with Gasteiger partial charge in [0.2, 0.25) is 5.91 Å². The van der Waals surface area contributed by atoms with Crippen LogP contribution < -0.4 is 5.32 Å². The highest BCUT2D eigenvalue weighted by Gasteiger charge is 2.12. The van der Waals surface area contributed by atoms with E-state index in [2.05, 4.69) is 15.0 Å². The molecule has 0 fully saturated rings. The Hall–Kier alpha value is -2.99. The topological polar surface area (TPSA) is 68.3 Å². The smallest absolute Gasteiger partial charge is 0.349 e. The van der Waals surface area contributed by atoms with Gasteiger partial charge in [-0.25, -0.2) is 9.78 Å². The number of ether oxygens (including phenoxy) is 1. The maximum atomic E-state index is 12.1. The van der Waals surface area contributed by atoms with Gasteiger partial charge in [-0.15, -0.1) is 0 Å². The first-order valence-electron chi connectivity index (χ1n) is 7.64. The third-order valence-electron chi connectivity index (χ3n) is 3.56. The highest BCUT2D eigenvalue weighted by atomic mass is 32.1. The third-order valence-corrected chi connectivity index (χ3v) is 4.46. The van der Waals surface area contributed by atoms with Crippen LogP contribution in [-0.4, -0.2) is 24.0 Å². The first-order chi connectivity index (χ1) is 12.2. The summed E-state index contributed by atoms with van der Waals surface area (Å²) in [6.07, 6.45) is 1.63. The van der Waals surface area contributed by atoms with Crippen molar-refractivity contribution in [2.75, 3.05) is 12.4 Å². The minimum atomic E-state index is -0.463. The predicted octanol–water partition coefficient (Wildman–Crippen LogP) is 3.78. The molecule has 2 aromatic carbocycles. The zero-order valence-corrected chi connectivity index (χ0v) is 14.4. The second-order valence-electron chi connectivity index (χ2n) is 5.31. The molecule has 0 unspecified atom stereocenters. The SMILES string of the molecule is COC(=O)c1cnc(NC(=O)Cc2ccc(-c3ccccc3)cc2)s1. The molecule has 0 bridgehead atoms. The predicted molar refractivity (Wildman–Crippen MR) is 97.7 cm³/mol. The fraction of sp³-hybridized carbons (Fsp3) is 0.105. The maximum Gasteiger partial charge on any atom is 0.349 e. The van der Waals surface area contributed by atoms with E-state index in [9.17, 15) is 9.59 Å². The Morgan fingerprint density at radius 2 is 1.72 bits per heavy atom. The molecule has 0 saturated heterocycles. The second kappa shape index (κ2) is 7.72. The molecule has 25 heavy (non-hydrogen) atoms. The number of nitrogens with one attached hydrogen (secondary N) is 1. The number of aromatic nitrogens is 1. The lowest BCUT2D eigenvalue weighted by molar-refractivity contribution is -0.115. The normalized spacial score (nSPS) is 10.3. The van der Waals surface area contributed by atoms with Gasteiger partial charge in [0.15, 0.2) is 5.13 Å². The van der Waals surface area contributed by atoms with E-state index in [0.29, 0.717) is 10.0 Å². The number of methoxy groups -OCH3 is 1. The Bertz CT molecular complexity index is 873. The van der Waals surface area contributed by atoms with E-state index in [1.165, 1.54) is 13.3 Å². The van der Waals surface area contributed by atoms with Crippen molar-refractivity contribution in [1.29, 1.82) is 0 Å². The standard InChI is InChI=1S/C19H16N2O3S/c1-24-18(23)16-12-20-19(25-16)21-17(22)11-13-7-9-15(10-8-13)14-5-3-2-4-6-14/h2-10,12H,11H2,1H3,(H,20,21,22). The number of carbonyl (C=O) groups is 2. The number of amides is 1. The van der Waals surface area contributed by atoms with E-state index >= 15 is 0 Å². The first kappa shape index (κ1) is 16.9. The van der Waals surface area contributed by atoms with Crippen molar-refractivity contribution in [1.82, 2.24) is 4.98 Å². The van der Waals surface area contributed by atoms with Gasteiger partial charge in [0.1, 0.15) is 4.88 Å². The Morgan fingerprint density at radius 1 is 1.04 bits per heavy atom. The molecule has 1 N–H and O–H groups in total. The molecule has 0 aliphatic heterocycles. The van der Waals surface area contributed by atoms with Gasteiger partial charge in [0, 0.05) is 0 Å². The Balaban J connectivity index is 1.61. The zero-order valence-electron chi connectivity index (χ0n) is 13.6. The minimum Gasteiger partial charge on any atom is -0.465 e. The number of benzene rings is 2. The Morgan fingerprint density at radius 3 is 2.40 bits per heavy atom. The van der Waals surface area contributed by atoms with Crippen LogP contribution in [0.3, 0.4) is 0 Å². The largest absolute Gasteiger partial charge is 0.465 e. The molecule has 0 aliphatic carbocycles. The van der Waals surface area contributed by atoms with Crippen LogP contribution in [0.1, 0.15) is 15.2 Å². The van der Waals surface area contributed by atoms with Crippen LogP contribution >= 0.6 is 11.3 Å². The van der Waals surface area contributed by atoms with Gasteiger partial charge in [0.05, 0.1) is 19.7 Å². The number of rotatable bonds is 5. The number of esters is 1. The van der Waals surface area contributed by atoms with Gasteiger partial charge in [-0.05, 0) is 16.7 Å². The summed E-state index contributed by atoms with van der Waals surface area (Å²) in [5, 5.41) is 3.08. The molecule has 1 aromatic heterocycles. The summed E-state index contributed by atoms with van der Waals surface area (Å²) in [5.74, 6) is -0.646. The van der Waals surface area contributed by atoms with Crippen molar-refractivity contribution in [3.63, 3.8) is 0 Å². The molecule has 0 spiro atoms. The summed E-state index contributed by atoms with van der Waals surface area (Å²) in [4.78, 5) is 27.9. The van der Waals surface area contributed by atoms with E-state index < -0.39 is 5.97 Å². The van der Waals surface area contributed by atoms with Gasteiger partial charge in [-0.1, -0.05) is 65.9 Å². The van der Waals surface area contributed by atoms with Crippen molar-refractivity contribution >= 4 is 28.3 Å². The molecule has 0 saturated carbocycles. The van der Waals surface area contributed by atoms with E-state index in [1.54, 1.807) is 0 Å². The molecule has 0 atom stereocenters. The molecule has 0 radical (unpaired) electrons.